The van der Waals surface area contributed by atoms with Gasteiger partial charge in [-0.3, -0.25) is 0 Å². The third-order valence-electron chi connectivity index (χ3n) is 7.70. The van der Waals surface area contributed by atoms with Crippen LogP contribution in [-0.2, 0) is 0 Å². The quantitative estimate of drug-likeness (QED) is 0.0868. The standard InChI is InChI=1S/2C20H28N2/c2*1-3-4-5-7-10-17(2)21-19-13-15-20(16-14-19)22-18-11-8-6-9-12-18/h2*6,8-9,11-17,21-22H,3-5,7,10H2,1-2H3. The third-order valence-corrected chi connectivity index (χ3v) is 7.70. The zero-order valence-corrected chi connectivity index (χ0v) is 27.6. The molecule has 0 heterocycles. The Morgan fingerprint density at radius 3 is 1.05 bits per heavy atom. The fourth-order valence-corrected chi connectivity index (χ4v) is 5.14. The maximum absolute atomic E-state index is 3.58. The van der Waals surface area contributed by atoms with Gasteiger partial charge in [0.25, 0.3) is 0 Å². The van der Waals surface area contributed by atoms with E-state index < -0.39 is 0 Å². The van der Waals surface area contributed by atoms with Gasteiger partial charge in [-0.2, -0.15) is 0 Å². The lowest BCUT2D eigenvalue weighted by molar-refractivity contribution is 0.594. The molecule has 0 saturated carbocycles. The van der Waals surface area contributed by atoms with E-state index in [0.717, 1.165) is 22.7 Å². The number of nitrogens with one attached hydrogen (secondary N) is 4. The van der Waals surface area contributed by atoms with E-state index in [1.54, 1.807) is 0 Å². The van der Waals surface area contributed by atoms with Crippen LogP contribution in [0, 0.1) is 0 Å². The van der Waals surface area contributed by atoms with Crippen LogP contribution in [0.2, 0.25) is 0 Å². The van der Waals surface area contributed by atoms with E-state index in [1.165, 1.54) is 75.6 Å². The van der Waals surface area contributed by atoms with Crippen LogP contribution in [0.1, 0.15) is 91.9 Å². The maximum Gasteiger partial charge on any atom is 0.0385 e. The molecule has 4 rings (SSSR count). The van der Waals surface area contributed by atoms with Crippen molar-refractivity contribution in [2.24, 2.45) is 0 Å². The van der Waals surface area contributed by atoms with Gasteiger partial charge in [0.05, 0.1) is 0 Å². The lowest BCUT2D eigenvalue weighted by atomic mass is 10.1. The van der Waals surface area contributed by atoms with E-state index in [4.69, 9.17) is 0 Å². The number of hydrogen-bond acceptors (Lipinski definition) is 4. The minimum Gasteiger partial charge on any atom is -0.383 e. The number of hydrogen-bond donors (Lipinski definition) is 4. The first-order valence-electron chi connectivity index (χ1n) is 16.9. The molecule has 236 valence electrons. The Bertz CT molecular complexity index is 1140. The maximum atomic E-state index is 3.58. The molecule has 2 unspecified atom stereocenters. The fraction of sp³-hybridized carbons (Fsp3) is 0.400. The summed E-state index contributed by atoms with van der Waals surface area (Å²) >= 11 is 0. The summed E-state index contributed by atoms with van der Waals surface area (Å²) in [6.07, 6.45) is 13.1. The molecule has 4 heteroatoms. The fourth-order valence-electron chi connectivity index (χ4n) is 5.14. The van der Waals surface area contributed by atoms with Crippen molar-refractivity contribution in [3.63, 3.8) is 0 Å². The molecule has 0 bridgehead atoms. The smallest absolute Gasteiger partial charge is 0.0385 e. The van der Waals surface area contributed by atoms with E-state index in [0.29, 0.717) is 12.1 Å². The molecular weight excluding hydrogens is 536 g/mol. The van der Waals surface area contributed by atoms with Gasteiger partial charge < -0.3 is 21.3 Å². The van der Waals surface area contributed by atoms with E-state index in [1.807, 2.05) is 36.4 Å². The van der Waals surface area contributed by atoms with Crippen molar-refractivity contribution in [3.8, 4) is 0 Å². The van der Waals surface area contributed by atoms with Crippen molar-refractivity contribution in [2.75, 3.05) is 21.3 Å². The van der Waals surface area contributed by atoms with Gasteiger partial charge in [0, 0.05) is 46.2 Å². The minimum absolute atomic E-state index is 0.532. The first-order valence-corrected chi connectivity index (χ1v) is 16.9. The topological polar surface area (TPSA) is 48.1 Å². The van der Waals surface area contributed by atoms with Gasteiger partial charge in [-0.05, 0) is 99.5 Å². The number of rotatable bonds is 18. The summed E-state index contributed by atoms with van der Waals surface area (Å²) in [5, 5.41) is 14.0. The van der Waals surface area contributed by atoms with Crippen molar-refractivity contribution in [2.45, 2.75) is 104 Å². The molecule has 0 aliphatic rings. The largest absolute Gasteiger partial charge is 0.383 e. The molecule has 0 spiro atoms. The molecule has 0 amide bonds. The van der Waals surface area contributed by atoms with Crippen LogP contribution in [0.25, 0.3) is 0 Å². The molecule has 0 aliphatic heterocycles. The van der Waals surface area contributed by atoms with Crippen LogP contribution >= 0.6 is 0 Å². The Morgan fingerprint density at radius 2 is 0.705 bits per heavy atom. The first kappa shape index (κ1) is 34.6. The van der Waals surface area contributed by atoms with Crippen molar-refractivity contribution in [1.29, 1.82) is 0 Å². The highest BCUT2D eigenvalue weighted by atomic mass is 14.9. The normalized spacial score (nSPS) is 11.9. The highest BCUT2D eigenvalue weighted by Crippen LogP contribution is 2.21. The lowest BCUT2D eigenvalue weighted by Crippen LogP contribution is -2.14. The van der Waals surface area contributed by atoms with Crippen LogP contribution in [0.15, 0.2) is 109 Å². The van der Waals surface area contributed by atoms with E-state index in [9.17, 15) is 0 Å². The summed E-state index contributed by atoms with van der Waals surface area (Å²) in [6.45, 7) is 9.05. The Kier molecular flexibility index (Phi) is 16.4. The molecule has 44 heavy (non-hydrogen) atoms. The molecule has 0 radical (unpaired) electrons. The summed E-state index contributed by atoms with van der Waals surface area (Å²) < 4.78 is 0. The zero-order chi connectivity index (χ0) is 31.2. The molecule has 4 nitrogen and oxygen atoms in total. The number of anilines is 6. The third kappa shape index (κ3) is 14.5. The van der Waals surface area contributed by atoms with Gasteiger partial charge in [0.2, 0.25) is 0 Å². The number of para-hydroxylation sites is 2. The zero-order valence-electron chi connectivity index (χ0n) is 27.6. The van der Waals surface area contributed by atoms with Gasteiger partial charge in [-0.1, -0.05) is 102 Å². The molecule has 0 aliphatic carbocycles. The molecule has 0 aromatic heterocycles. The average Bonchev–Trinajstić information content (AvgIpc) is 3.05. The van der Waals surface area contributed by atoms with E-state index >= 15 is 0 Å². The predicted molar refractivity (Wildman–Crippen MR) is 196 cm³/mol. The second kappa shape index (κ2) is 20.9. The van der Waals surface area contributed by atoms with Crippen LogP contribution in [-0.4, -0.2) is 12.1 Å². The van der Waals surface area contributed by atoms with Crippen molar-refractivity contribution >= 4 is 34.1 Å². The van der Waals surface area contributed by atoms with Crippen molar-refractivity contribution < 1.29 is 0 Å². The summed E-state index contributed by atoms with van der Waals surface area (Å²) in [6, 6.07) is 38.7. The van der Waals surface area contributed by atoms with E-state index in [2.05, 4.69) is 122 Å². The molecule has 4 aromatic rings. The van der Waals surface area contributed by atoms with Crippen LogP contribution in [0.3, 0.4) is 0 Å². The predicted octanol–water partition coefficient (Wildman–Crippen LogP) is 12.4. The number of benzene rings is 4. The summed E-state index contributed by atoms with van der Waals surface area (Å²) in [4.78, 5) is 0. The summed E-state index contributed by atoms with van der Waals surface area (Å²) in [5.74, 6) is 0. The van der Waals surface area contributed by atoms with Gasteiger partial charge in [0.1, 0.15) is 0 Å². The summed E-state index contributed by atoms with van der Waals surface area (Å²) in [5.41, 5.74) is 6.86. The molecule has 0 fully saturated rings. The van der Waals surface area contributed by atoms with Crippen LogP contribution in [0.4, 0.5) is 34.1 Å². The molecule has 2 atom stereocenters. The Hall–Kier alpha value is -3.92. The number of unbranched alkanes of at least 4 members (excludes halogenated alkanes) is 6. The van der Waals surface area contributed by atoms with Crippen LogP contribution < -0.4 is 21.3 Å². The van der Waals surface area contributed by atoms with E-state index in [-0.39, 0.29) is 0 Å². The van der Waals surface area contributed by atoms with Gasteiger partial charge in [0.15, 0.2) is 0 Å². The van der Waals surface area contributed by atoms with Crippen molar-refractivity contribution in [1.82, 2.24) is 0 Å². The Labute approximate surface area is 268 Å². The Balaban J connectivity index is 0.000000240. The molecule has 0 saturated heterocycles. The SMILES string of the molecule is CCCCCCC(C)Nc1ccc(Nc2ccccc2)cc1.CCCCCCC(C)Nc1ccc(Nc2ccccc2)cc1. The first-order chi connectivity index (χ1) is 21.6. The Morgan fingerprint density at radius 1 is 0.386 bits per heavy atom. The molecule has 4 aromatic carbocycles. The van der Waals surface area contributed by atoms with Gasteiger partial charge >= 0.3 is 0 Å². The monoisotopic (exact) mass is 592 g/mol. The lowest BCUT2D eigenvalue weighted by Gasteiger charge is -2.15. The summed E-state index contributed by atoms with van der Waals surface area (Å²) in [7, 11) is 0. The molecular formula is C40H56N4. The van der Waals surface area contributed by atoms with Crippen molar-refractivity contribution in [3.05, 3.63) is 109 Å². The molecule has 4 N–H and O–H groups in total. The highest BCUT2D eigenvalue weighted by molar-refractivity contribution is 5.63. The average molecular weight is 593 g/mol. The van der Waals surface area contributed by atoms with Gasteiger partial charge in [-0.15, -0.1) is 0 Å². The van der Waals surface area contributed by atoms with Gasteiger partial charge in [-0.25, -0.2) is 0 Å². The highest BCUT2D eigenvalue weighted by Gasteiger charge is 2.04. The van der Waals surface area contributed by atoms with Crippen LogP contribution in [0.5, 0.6) is 0 Å². The second-order valence-electron chi connectivity index (χ2n) is 11.9. The minimum atomic E-state index is 0.532. The second-order valence-corrected chi connectivity index (χ2v) is 11.9.